The van der Waals surface area contributed by atoms with Crippen LogP contribution in [0.2, 0.25) is 0 Å². The number of hydrazine groups is 2. The summed E-state index contributed by atoms with van der Waals surface area (Å²) in [6, 6.07) is 0. The van der Waals surface area contributed by atoms with E-state index in [0.29, 0.717) is 0 Å². The lowest BCUT2D eigenvalue weighted by Crippen LogP contribution is -2.52. The van der Waals surface area contributed by atoms with Gasteiger partial charge in [0.05, 0.1) is 11.8 Å². The van der Waals surface area contributed by atoms with Crippen LogP contribution >= 0.6 is 0 Å². The van der Waals surface area contributed by atoms with Gasteiger partial charge in [0.25, 0.3) is 0 Å². The lowest BCUT2D eigenvalue weighted by atomic mass is 9.82. The summed E-state index contributed by atoms with van der Waals surface area (Å²) in [6.07, 6.45) is 9.15. The minimum Gasteiger partial charge on any atom is -0.289 e. The molecule has 0 heterocycles. The maximum absolute atomic E-state index is 13.1. The van der Waals surface area contributed by atoms with E-state index in [2.05, 4.69) is 50.7 Å². The van der Waals surface area contributed by atoms with Gasteiger partial charge in [-0.1, -0.05) is 39.8 Å². The fraction of sp³-hybridized carbons (Fsp3) is 0.810. The van der Waals surface area contributed by atoms with Gasteiger partial charge in [-0.2, -0.15) is 0 Å². The van der Waals surface area contributed by atoms with Crippen molar-refractivity contribution in [3.63, 3.8) is 0 Å². The van der Waals surface area contributed by atoms with Crippen LogP contribution in [0.15, 0.2) is 12.2 Å². The molecule has 154 valence electrons. The average molecular weight is 379 g/mol. The molecule has 2 aliphatic carbocycles. The maximum atomic E-state index is 13.1. The van der Waals surface area contributed by atoms with Crippen molar-refractivity contribution in [2.24, 2.45) is 23.7 Å². The number of carbonyl (C=O) groups excluding carboxylic acids is 2. The van der Waals surface area contributed by atoms with Crippen molar-refractivity contribution >= 4 is 11.8 Å². The van der Waals surface area contributed by atoms with Gasteiger partial charge in [-0.05, 0) is 43.9 Å². The van der Waals surface area contributed by atoms with Crippen LogP contribution in [0, 0.1) is 23.7 Å². The van der Waals surface area contributed by atoms with E-state index >= 15 is 0 Å². The maximum Gasteiger partial charge on any atom is 0.238 e. The molecule has 4 atom stereocenters. The Kier molecular flexibility index (Phi) is 8.77. The lowest BCUT2D eigenvalue weighted by molar-refractivity contribution is -0.140. The van der Waals surface area contributed by atoms with Gasteiger partial charge in [-0.25, -0.2) is 10.0 Å². The Balaban J connectivity index is 2.06. The standard InChI is InChI=1S/C21H38N4O2/c1-5-11-24(12-6-2)22-20(26)18-16-9-10-17(15-16)19(18)21(27)23-25(13-7-3)14-8-4/h9-10,16-19H,5-8,11-15H2,1-4H3,(H,22,26)(H,23,27)/t16-,17-,18-,19+/m0/s1. The average Bonchev–Trinajstić information content (AvgIpc) is 3.23. The normalized spacial score (nSPS) is 26.1. The molecule has 0 radical (unpaired) electrons. The first-order valence-electron chi connectivity index (χ1n) is 10.8. The summed E-state index contributed by atoms with van der Waals surface area (Å²) in [6.45, 7) is 11.8. The molecule has 0 aromatic carbocycles. The zero-order valence-corrected chi connectivity index (χ0v) is 17.5. The van der Waals surface area contributed by atoms with Crippen LogP contribution in [0.4, 0.5) is 0 Å². The minimum atomic E-state index is -0.263. The monoisotopic (exact) mass is 378 g/mol. The lowest BCUT2D eigenvalue weighted by Gasteiger charge is -2.31. The van der Waals surface area contributed by atoms with Gasteiger partial charge in [0, 0.05) is 26.2 Å². The summed E-state index contributed by atoms with van der Waals surface area (Å²) >= 11 is 0. The summed E-state index contributed by atoms with van der Waals surface area (Å²) < 4.78 is 0. The van der Waals surface area contributed by atoms with E-state index in [1.165, 1.54) is 0 Å². The summed E-state index contributed by atoms with van der Waals surface area (Å²) in [4.78, 5) is 26.1. The van der Waals surface area contributed by atoms with Crippen molar-refractivity contribution in [1.29, 1.82) is 0 Å². The highest BCUT2D eigenvalue weighted by molar-refractivity contribution is 5.89. The van der Waals surface area contributed by atoms with E-state index in [1.54, 1.807) is 0 Å². The molecular formula is C21H38N4O2. The van der Waals surface area contributed by atoms with Gasteiger partial charge >= 0.3 is 0 Å². The largest absolute Gasteiger partial charge is 0.289 e. The molecule has 6 heteroatoms. The number of allylic oxidation sites excluding steroid dienone is 2. The Labute approximate surface area is 164 Å². The summed E-state index contributed by atoms with van der Waals surface area (Å²) in [5, 5.41) is 4.01. The third-order valence-electron chi connectivity index (χ3n) is 5.58. The van der Waals surface area contributed by atoms with Crippen LogP contribution < -0.4 is 10.9 Å². The van der Waals surface area contributed by atoms with Crippen molar-refractivity contribution in [2.75, 3.05) is 26.2 Å². The number of hydrogen-bond acceptors (Lipinski definition) is 4. The van der Waals surface area contributed by atoms with Gasteiger partial charge in [0.1, 0.15) is 0 Å². The van der Waals surface area contributed by atoms with Gasteiger partial charge in [-0.15, -0.1) is 0 Å². The highest BCUT2D eigenvalue weighted by Gasteiger charge is 2.51. The van der Waals surface area contributed by atoms with Crippen LogP contribution in [0.5, 0.6) is 0 Å². The summed E-state index contributed by atoms with van der Waals surface area (Å²) in [7, 11) is 0. The second kappa shape index (κ2) is 10.8. The molecule has 0 aromatic heterocycles. The van der Waals surface area contributed by atoms with Crippen molar-refractivity contribution in [3.8, 4) is 0 Å². The van der Waals surface area contributed by atoms with Crippen molar-refractivity contribution in [2.45, 2.75) is 59.8 Å². The minimum absolute atomic E-state index is 0.00596. The number of fused-ring (bicyclic) bond motifs is 2. The van der Waals surface area contributed by atoms with E-state index < -0.39 is 0 Å². The molecule has 0 saturated heterocycles. The number of nitrogens with one attached hydrogen (secondary N) is 2. The molecule has 2 bridgehead atoms. The Morgan fingerprint density at radius 1 is 0.741 bits per heavy atom. The predicted octanol–water partition coefficient (Wildman–Crippen LogP) is 2.73. The Morgan fingerprint density at radius 3 is 1.37 bits per heavy atom. The number of hydrogen-bond donors (Lipinski definition) is 2. The van der Waals surface area contributed by atoms with E-state index in [1.807, 2.05) is 10.0 Å². The molecule has 2 rings (SSSR count). The zero-order valence-electron chi connectivity index (χ0n) is 17.5. The number of amides is 2. The molecule has 0 aliphatic heterocycles. The molecule has 1 saturated carbocycles. The first kappa shape index (κ1) is 21.9. The first-order chi connectivity index (χ1) is 13.0. The zero-order chi connectivity index (χ0) is 19.8. The van der Waals surface area contributed by atoms with Crippen LogP contribution in [-0.4, -0.2) is 48.0 Å². The van der Waals surface area contributed by atoms with Gasteiger partial charge in [0.2, 0.25) is 11.8 Å². The quantitative estimate of drug-likeness (QED) is 0.405. The molecule has 6 nitrogen and oxygen atoms in total. The molecule has 2 aliphatic rings. The predicted molar refractivity (Wildman–Crippen MR) is 108 cm³/mol. The highest BCUT2D eigenvalue weighted by Crippen LogP contribution is 2.48. The summed E-state index contributed by atoms with van der Waals surface area (Å²) in [5.74, 6) is -0.149. The Hall–Kier alpha value is -1.40. The molecular weight excluding hydrogens is 340 g/mol. The fourth-order valence-corrected chi connectivity index (χ4v) is 4.52. The number of rotatable bonds is 12. The van der Waals surface area contributed by atoms with Gasteiger partial charge < -0.3 is 0 Å². The second-order valence-electron chi connectivity index (χ2n) is 7.93. The first-order valence-corrected chi connectivity index (χ1v) is 10.8. The smallest absolute Gasteiger partial charge is 0.238 e. The molecule has 0 unspecified atom stereocenters. The van der Waals surface area contributed by atoms with Crippen LogP contribution in [0.3, 0.4) is 0 Å². The molecule has 1 fully saturated rings. The van der Waals surface area contributed by atoms with E-state index in [9.17, 15) is 9.59 Å². The highest BCUT2D eigenvalue weighted by atomic mass is 16.2. The third-order valence-corrected chi connectivity index (χ3v) is 5.58. The van der Waals surface area contributed by atoms with Crippen molar-refractivity contribution < 1.29 is 9.59 Å². The SMILES string of the molecule is CCCN(CCC)NC(=O)[C@@H]1[C@H](C(=O)NN(CCC)CCC)[C@H]2C=C[C@H]1C2. The van der Waals surface area contributed by atoms with E-state index in [-0.39, 0.29) is 35.5 Å². The number of carbonyl (C=O) groups is 2. The molecule has 27 heavy (non-hydrogen) atoms. The second-order valence-corrected chi connectivity index (χ2v) is 7.93. The molecule has 2 N–H and O–H groups in total. The number of nitrogens with zero attached hydrogens (tertiary/aromatic N) is 2. The van der Waals surface area contributed by atoms with E-state index in [4.69, 9.17) is 0 Å². The molecule has 0 aromatic rings. The van der Waals surface area contributed by atoms with Crippen molar-refractivity contribution in [1.82, 2.24) is 20.9 Å². The van der Waals surface area contributed by atoms with Gasteiger partial charge in [0.15, 0.2) is 0 Å². The van der Waals surface area contributed by atoms with Crippen LogP contribution in [0.25, 0.3) is 0 Å². The van der Waals surface area contributed by atoms with Crippen molar-refractivity contribution in [3.05, 3.63) is 12.2 Å². The topological polar surface area (TPSA) is 64.7 Å². The van der Waals surface area contributed by atoms with Crippen LogP contribution in [-0.2, 0) is 9.59 Å². The molecule has 2 amide bonds. The summed E-state index contributed by atoms with van der Waals surface area (Å²) in [5.41, 5.74) is 6.20. The molecule has 0 spiro atoms. The Bertz CT molecular complexity index is 466. The van der Waals surface area contributed by atoms with Crippen LogP contribution in [0.1, 0.15) is 59.8 Å². The third kappa shape index (κ3) is 5.55. The Morgan fingerprint density at radius 2 is 1.07 bits per heavy atom. The van der Waals surface area contributed by atoms with E-state index in [0.717, 1.165) is 58.3 Å². The van der Waals surface area contributed by atoms with Gasteiger partial charge in [-0.3, -0.25) is 20.4 Å². The fourth-order valence-electron chi connectivity index (χ4n) is 4.52.